The highest BCUT2D eigenvalue weighted by Crippen LogP contribution is 2.27. The molecule has 2 nitrogen and oxygen atoms in total. The largest absolute Gasteiger partial charge is 0.330 e. The van der Waals surface area contributed by atoms with Crippen LogP contribution < -0.4 is 11.5 Å². The van der Waals surface area contributed by atoms with Gasteiger partial charge in [-0.25, -0.2) is 0 Å². The Morgan fingerprint density at radius 2 is 2.18 bits per heavy atom. The van der Waals surface area contributed by atoms with Gasteiger partial charge in [-0.05, 0) is 24.6 Å². The van der Waals surface area contributed by atoms with E-state index in [4.69, 9.17) is 23.1 Å². The Morgan fingerprint density at radius 1 is 1.45 bits per heavy atom. The van der Waals surface area contributed by atoms with Crippen LogP contribution in [0.3, 0.4) is 0 Å². The Bertz CT molecular complexity index is 234. The summed E-state index contributed by atoms with van der Waals surface area (Å²) < 4.78 is 0.802. The van der Waals surface area contributed by atoms with Crippen LogP contribution in [-0.4, -0.2) is 6.54 Å². The van der Waals surface area contributed by atoms with Crippen molar-refractivity contribution in [1.29, 1.82) is 0 Å². The molecule has 0 aliphatic rings. The molecule has 1 aromatic rings. The second kappa shape index (κ2) is 4.07. The van der Waals surface area contributed by atoms with Gasteiger partial charge in [-0.2, -0.15) is 0 Å². The van der Waals surface area contributed by atoms with Gasteiger partial charge in [0.05, 0.1) is 4.34 Å². The van der Waals surface area contributed by atoms with E-state index < -0.39 is 0 Å². The lowest BCUT2D eigenvalue weighted by molar-refractivity contribution is 0.983. The Morgan fingerprint density at radius 3 is 2.64 bits per heavy atom. The molecule has 1 rings (SSSR count). The summed E-state index contributed by atoms with van der Waals surface area (Å²) in [5.41, 5.74) is 11.9. The van der Waals surface area contributed by atoms with Gasteiger partial charge >= 0.3 is 0 Å². The zero-order valence-corrected chi connectivity index (χ0v) is 7.71. The first-order chi connectivity index (χ1) is 5.27. The average Bonchev–Trinajstić information content (AvgIpc) is 2.32. The molecule has 0 saturated heterocycles. The molecular formula is C7H11ClN2S. The normalized spacial score (nSPS) is 10.5. The summed E-state index contributed by atoms with van der Waals surface area (Å²) in [5, 5.41) is 0. The summed E-state index contributed by atoms with van der Waals surface area (Å²) in [5.74, 6) is 0. The number of rotatable bonds is 3. The van der Waals surface area contributed by atoms with Crippen LogP contribution in [0.25, 0.3) is 0 Å². The lowest BCUT2D eigenvalue weighted by Crippen LogP contribution is -2.01. The topological polar surface area (TPSA) is 52.0 Å². The smallest absolute Gasteiger partial charge is 0.0976 e. The van der Waals surface area contributed by atoms with Crippen LogP contribution in [0.15, 0.2) is 6.07 Å². The first-order valence-corrected chi connectivity index (χ1v) is 4.64. The Labute approximate surface area is 75.1 Å². The molecule has 0 aromatic carbocycles. The molecule has 0 saturated carbocycles. The molecule has 4 N–H and O–H groups in total. The Balaban J connectivity index is 2.77. The summed E-state index contributed by atoms with van der Waals surface area (Å²) in [6.45, 7) is 1.18. The van der Waals surface area contributed by atoms with E-state index in [2.05, 4.69) is 0 Å². The second-order valence-electron chi connectivity index (χ2n) is 2.25. The summed E-state index contributed by atoms with van der Waals surface area (Å²) in [4.78, 5) is 1.22. The number of nitrogens with two attached hydrogens (primary N) is 2. The van der Waals surface area contributed by atoms with Crippen LogP contribution in [0.5, 0.6) is 0 Å². The molecule has 0 fully saturated rings. The number of hydrogen-bond donors (Lipinski definition) is 2. The maximum absolute atomic E-state index is 5.88. The van der Waals surface area contributed by atoms with Crippen molar-refractivity contribution in [3.8, 4) is 0 Å². The third kappa shape index (κ3) is 2.17. The van der Waals surface area contributed by atoms with E-state index >= 15 is 0 Å². The summed E-state index contributed by atoms with van der Waals surface area (Å²) >= 11 is 7.45. The van der Waals surface area contributed by atoms with E-state index in [9.17, 15) is 0 Å². The predicted molar refractivity (Wildman–Crippen MR) is 50.0 cm³/mol. The highest BCUT2D eigenvalue weighted by molar-refractivity contribution is 7.16. The van der Waals surface area contributed by atoms with Crippen molar-refractivity contribution in [1.82, 2.24) is 0 Å². The standard InChI is InChI=1S/C7H11ClN2S/c8-7-5(4-10)3-6(11-7)1-2-9/h3H,1-2,4,9-10H2. The van der Waals surface area contributed by atoms with Gasteiger partial charge in [0.15, 0.2) is 0 Å². The van der Waals surface area contributed by atoms with Crippen LogP contribution in [0.1, 0.15) is 10.4 Å². The van der Waals surface area contributed by atoms with E-state index in [1.807, 2.05) is 6.07 Å². The highest BCUT2D eigenvalue weighted by atomic mass is 35.5. The molecule has 0 spiro atoms. The number of halogens is 1. The maximum atomic E-state index is 5.88. The summed E-state index contributed by atoms with van der Waals surface area (Å²) in [7, 11) is 0. The van der Waals surface area contributed by atoms with Crippen molar-refractivity contribution in [2.24, 2.45) is 11.5 Å². The zero-order chi connectivity index (χ0) is 8.27. The molecule has 62 valence electrons. The van der Waals surface area contributed by atoms with Crippen molar-refractivity contribution in [3.05, 3.63) is 20.8 Å². The van der Waals surface area contributed by atoms with E-state index in [0.717, 1.165) is 16.3 Å². The van der Waals surface area contributed by atoms with Gasteiger partial charge < -0.3 is 11.5 Å². The fourth-order valence-electron chi connectivity index (χ4n) is 0.866. The van der Waals surface area contributed by atoms with Gasteiger partial charge in [0.1, 0.15) is 0 Å². The van der Waals surface area contributed by atoms with E-state index in [1.165, 1.54) is 4.88 Å². The molecule has 11 heavy (non-hydrogen) atoms. The molecule has 0 aliphatic heterocycles. The number of thiophene rings is 1. The quantitative estimate of drug-likeness (QED) is 0.757. The van der Waals surface area contributed by atoms with Crippen LogP contribution >= 0.6 is 22.9 Å². The van der Waals surface area contributed by atoms with Crippen molar-refractivity contribution in [2.75, 3.05) is 6.54 Å². The predicted octanol–water partition coefficient (Wildman–Crippen LogP) is 1.36. The lowest BCUT2D eigenvalue weighted by Gasteiger charge is -1.88. The van der Waals surface area contributed by atoms with Crippen LogP contribution in [0.2, 0.25) is 4.34 Å². The SMILES string of the molecule is NCCc1cc(CN)c(Cl)s1. The first kappa shape index (κ1) is 9.00. The molecule has 0 bridgehead atoms. The highest BCUT2D eigenvalue weighted by Gasteiger charge is 2.03. The van der Waals surface area contributed by atoms with Gasteiger partial charge in [-0.15, -0.1) is 11.3 Å². The fourth-order valence-corrected chi connectivity index (χ4v) is 2.22. The molecule has 0 radical (unpaired) electrons. The molecule has 0 amide bonds. The first-order valence-electron chi connectivity index (χ1n) is 3.45. The lowest BCUT2D eigenvalue weighted by atomic mass is 10.3. The van der Waals surface area contributed by atoms with Crippen molar-refractivity contribution in [2.45, 2.75) is 13.0 Å². The van der Waals surface area contributed by atoms with Crippen LogP contribution in [0, 0.1) is 0 Å². The van der Waals surface area contributed by atoms with E-state index in [0.29, 0.717) is 13.1 Å². The fraction of sp³-hybridized carbons (Fsp3) is 0.429. The molecule has 0 atom stereocenters. The second-order valence-corrected chi connectivity index (χ2v) is 3.99. The van der Waals surface area contributed by atoms with Gasteiger partial charge in [-0.1, -0.05) is 11.6 Å². The molecular weight excluding hydrogens is 180 g/mol. The third-order valence-corrected chi connectivity index (χ3v) is 2.92. The Hall–Kier alpha value is -0.0900. The van der Waals surface area contributed by atoms with Gasteiger partial charge in [0.2, 0.25) is 0 Å². The van der Waals surface area contributed by atoms with E-state index in [1.54, 1.807) is 11.3 Å². The molecule has 1 aromatic heterocycles. The van der Waals surface area contributed by atoms with Gasteiger partial charge in [-0.3, -0.25) is 0 Å². The van der Waals surface area contributed by atoms with Gasteiger partial charge in [0, 0.05) is 11.4 Å². The summed E-state index contributed by atoms with van der Waals surface area (Å²) in [6, 6.07) is 2.03. The molecule has 0 aliphatic carbocycles. The minimum Gasteiger partial charge on any atom is -0.330 e. The maximum Gasteiger partial charge on any atom is 0.0976 e. The molecule has 4 heteroatoms. The zero-order valence-electron chi connectivity index (χ0n) is 6.14. The third-order valence-electron chi connectivity index (χ3n) is 1.42. The van der Waals surface area contributed by atoms with E-state index in [-0.39, 0.29) is 0 Å². The minimum atomic E-state index is 0.514. The molecule has 1 heterocycles. The Kier molecular flexibility index (Phi) is 3.33. The van der Waals surface area contributed by atoms with Crippen LogP contribution in [0.4, 0.5) is 0 Å². The van der Waals surface area contributed by atoms with Crippen LogP contribution in [-0.2, 0) is 13.0 Å². The van der Waals surface area contributed by atoms with Gasteiger partial charge in [0.25, 0.3) is 0 Å². The minimum absolute atomic E-state index is 0.514. The van der Waals surface area contributed by atoms with Crippen molar-refractivity contribution < 1.29 is 0 Å². The number of hydrogen-bond acceptors (Lipinski definition) is 3. The van der Waals surface area contributed by atoms with Crippen molar-refractivity contribution >= 4 is 22.9 Å². The average molecular weight is 191 g/mol. The summed E-state index contributed by atoms with van der Waals surface area (Å²) in [6.07, 6.45) is 0.893. The molecule has 0 unspecified atom stereocenters. The van der Waals surface area contributed by atoms with Crippen molar-refractivity contribution in [3.63, 3.8) is 0 Å². The monoisotopic (exact) mass is 190 g/mol.